The molecule has 0 saturated carbocycles. The molecule has 0 aromatic rings. The summed E-state index contributed by atoms with van der Waals surface area (Å²) in [7, 11) is 0. The molecule has 126 valence electrons. The maximum atomic E-state index is 11.7. The third-order valence-electron chi connectivity index (χ3n) is 3.61. The van der Waals surface area contributed by atoms with E-state index in [-0.39, 0.29) is 12.8 Å². The van der Waals surface area contributed by atoms with Crippen molar-refractivity contribution in [3.05, 3.63) is 0 Å². The highest BCUT2D eigenvalue weighted by atomic mass is 16.7. The predicted molar refractivity (Wildman–Crippen MR) is 78.5 cm³/mol. The number of hydrogen-bond donors (Lipinski definition) is 2. The van der Waals surface area contributed by atoms with Gasteiger partial charge in [0.2, 0.25) is 0 Å². The maximum absolute atomic E-state index is 11.7. The van der Waals surface area contributed by atoms with Crippen LogP contribution in [0.4, 0.5) is 0 Å². The number of rotatable bonds is 5. The SMILES string of the molecule is O=C(CCC(=O)ON1CCCCCN1)ON1CCCCCN1. The zero-order chi connectivity index (χ0) is 15.6. The van der Waals surface area contributed by atoms with E-state index in [0.717, 1.165) is 51.6 Å². The number of carbonyl (C=O) groups excluding carboxylic acids is 2. The number of hydroxylamine groups is 2. The fourth-order valence-corrected chi connectivity index (χ4v) is 2.38. The molecule has 2 N–H and O–H groups in total. The van der Waals surface area contributed by atoms with Gasteiger partial charge in [0.25, 0.3) is 0 Å². The lowest BCUT2D eigenvalue weighted by atomic mass is 10.2. The molecule has 0 aliphatic carbocycles. The zero-order valence-electron chi connectivity index (χ0n) is 13.0. The van der Waals surface area contributed by atoms with Gasteiger partial charge in [0, 0.05) is 13.1 Å². The van der Waals surface area contributed by atoms with Crippen LogP contribution >= 0.6 is 0 Å². The fourth-order valence-electron chi connectivity index (χ4n) is 2.38. The van der Waals surface area contributed by atoms with Gasteiger partial charge < -0.3 is 9.68 Å². The second-order valence-electron chi connectivity index (χ2n) is 5.57. The van der Waals surface area contributed by atoms with Gasteiger partial charge in [-0.3, -0.25) is 9.59 Å². The first-order valence-corrected chi connectivity index (χ1v) is 8.18. The van der Waals surface area contributed by atoms with E-state index in [9.17, 15) is 9.59 Å². The number of hydrazine groups is 2. The van der Waals surface area contributed by atoms with Crippen LogP contribution in [0.5, 0.6) is 0 Å². The Morgan fingerprint density at radius 2 is 1.18 bits per heavy atom. The van der Waals surface area contributed by atoms with E-state index < -0.39 is 11.9 Å². The molecule has 2 aliphatic rings. The monoisotopic (exact) mass is 314 g/mol. The minimum atomic E-state index is -0.421. The Balaban J connectivity index is 1.61. The highest BCUT2D eigenvalue weighted by Gasteiger charge is 2.18. The molecule has 0 aromatic carbocycles. The van der Waals surface area contributed by atoms with E-state index in [4.69, 9.17) is 9.68 Å². The first kappa shape index (κ1) is 17.1. The van der Waals surface area contributed by atoms with Crippen LogP contribution in [0.2, 0.25) is 0 Å². The summed E-state index contributed by atoms with van der Waals surface area (Å²) in [5.74, 6) is -0.842. The van der Waals surface area contributed by atoms with Gasteiger partial charge in [-0.15, -0.1) is 0 Å². The highest BCUT2D eigenvalue weighted by Crippen LogP contribution is 2.06. The van der Waals surface area contributed by atoms with Gasteiger partial charge in [-0.05, 0) is 25.7 Å². The predicted octanol–water partition coefficient (Wildman–Crippen LogP) is 0.664. The topological polar surface area (TPSA) is 83.1 Å². The van der Waals surface area contributed by atoms with Crippen LogP contribution < -0.4 is 10.9 Å². The Morgan fingerprint density at radius 3 is 1.64 bits per heavy atom. The molecule has 2 saturated heterocycles. The van der Waals surface area contributed by atoms with E-state index in [2.05, 4.69) is 10.9 Å². The van der Waals surface area contributed by atoms with Gasteiger partial charge in [-0.2, -0.15) is 0 Å². The lowest BCUT2D eigenvalue weighted by molar-refractivity contribution is -0.212. The number of carbonyl (C=O) groups is 2. The van der Waals surface area contributed by atoms with E-state index in [1.807, 2.05) is 0 Å². The van der Waals surface area contributed by atoms with Crippen molar-refractivity contribution < 1.29 is 19.3 Å². The number of nitrogens with one attached hydrogen (secondary N) is 2. The van der Waals surface area contributed by atoms with Crippen molar-refractivity contribution in [2.45, 2.75) is 51.4 Å². The molecule has 0 atom stereocenters. The lowest BCUT2D eigenvalue weighted by Gasteiger charge is -2.20. The Hall–Kier alpha value is -1.22. The minimum Gasteiger partial charge on any atom is -0.353 e. The molecule has 2 aliphatic heterocycles. The van der Waals surface area contributed by atoms with E-state index >= 15 is 0 Å². The second kappa shape index (κ2) is 9.73. The van der Waals surface area contributed by atoms with Gasteiger partial charge in [0.15, 0.2) is 0 Å². The summed E-state index contributed by atoms with van der Waals surface area (Å²) in [5.41, 5.74) is 6.06. The fraction of sp³-hybridized carbons (Fsp3) is 0.857. The van der Waals surface area contributed by atoms with E-state index in [1.54, 1.807) is 0 Å². The minimum absolute atomic E-state index is 0.0187. The molecule has 2 fully saturated rings. The summed E-state index contributed by atoms with van der Waals surface area (Å²) in [6, 6.07) is 0. The van der Waals surface area contributed by atoms with Crippen LogP contribution in [0.15, 0.2) is 0 Å². The van der Waals surface area contributed by atoms with Crippen molar-refractivity contribution in [2.24, 2.45) is 0 Å². The Morgan fingerprint density at radius 1 is 0.727 bits per heavy atom. The summed E-state index contributed by atoms with van der Waals surface area (Å²) >= 11 is 0. The van der Waals surface area contributed by atoms with Crippen LogP contribution in [-0.4, -0.2) is 48.5 Å². The van der Waals surface area contributed by atoms with Crippen LogP contribution in [0.3, 0.4) is 0 Å². The molecule has 2 heterocycles. The van der Waals surface area contributed by atoms with Crippen LogP contribution in [0.25, 0.3) is 0 Å². The summed E-state index contributed by atoms with van der Waals surface area (Å²) in [6.45, 7) is 2.95. The van der Waals surface area contributed by atoms with Crippen LogP contribution in [0.1, 0.15) is 51.4 Å². The van der Waals surface area contributed by atoms with Crippen molar-refractivity contribution in [2.75, 3.05) is 26.2 Å². The third kappa shape index (κ3) is 6.69. The van der Waals surface area contributed by atoms with Crippen LogP contribution in [0, 0.1) is 0 Å². The molecule has 0 amide bonds. The average Bonchev–Trinajstić information content (AvgIpc) is 2.90. The molecule has 0 radical (unpaired) electrons. The van der Waals surface area contributed by atoms with E-state index in [0.29, 0.717) is 13.1 Å². The summed E-state index contributed by atoms with van der Waals surface area (Å²) in [4.78, 5) is 33.8. The lowest BCUT2D eigenvalue weighted by Crippen LogP contribution is -2.40. The smallest absolute Gasteiger partial charge is 0.327 e. The normalized spacial score (nSPS) is 21.6. The molecular formula is C14H26N4O4. The van der Waals surface area contributed by atoms with E-state index in [1.165, 1.54) is 10.3 Å². The quantitative estimate of drug-likeness (QED) is 0.766. The molecule has 0 aromatic heterocycles. The van der Waals surface area contributed by atoms with Crippen molar-refractivity contribution in [3.63, 3.8) is 0 Å². The zero-order valence-corrected chi connectivity index (χ0v) is 13.0. The van der Waals surface area contributed by atoms with Gasteiger partial charge in [0.05, 0.1) is 25.9 Å². The summed E-state index contributed by atoms with van der Waals surface area (Å²) in [6.07, 6.45) is 6.40. The van der Waals surface area contributed by atoms with Gasteiger partial charge in [0.1, 0.15) is 0 Å². The molecule has 0 bridgehead atoms. The summed E-state index contributed by atoms with van der Waals surface area (Å²) < 4.78 is 0. The molecule has 0 spiro atoms. The maximum Gasteiger partial charge on any atom is 0.327 e. The van der Waals surface area contributed by atoms with Crippen LogP contribution in [-0.2, 0) is 19.3 Å². The van der Waals surface area contributed by atoms with Crippen molar-refractivity contribution in [3.8, 4) is 0 Å². The standard InChI is InChI=1S/C14H26N4O4/c19-13(21-17-11-5-1-3-9-15-17)7-8-14(20)22-18-12-6-2-4-10-16-18/h15-16H,1-12H2. The molecular weight excluding hydrogens is 288 g/mol. The molecule has 2 rings (SSSR count). The first-order valence-electron chi connectivity index (χ1n) is 8.18. The van der Waals surface area contributed by atoms with Crippen molar-refractivity contribution in [1.29, 1.82) is 0 Å². The molecule has 8 heteroatoms. The number of hydrogen-bond acceptors (Lipinski definition) is 8. The molecule has 0 unspecified atom stereocenters. The van der Waals surface area contributed by atoms with Gasteiger partial charge in [-0.25, -0.2) is 10.9 Å². The average molecular weight is 314 g/mol. The highest BCUT2D eigenvalue weighted by molar-refractivity contribution is 5.77. The van der Waals surface area contributed by atoms with Crippen molar-refractivity contribution in [1.82, 2.24) is 21.2 Å². The van der Waals surface area contributed by atoms with Crippen molar-refractivity contribution >= 4 is 11.9 Å². The molecule has 8 nitrogen and oxygen atoms in total. The third-order valence-corrected chi connectivity index (χ3v) is 3.61. The molecule has 22 heavy (non-hydrogen) atoms. The van der Waals surface area contributed by atoms with Gasteiger partial charge >= 0.3 is 11.9 Å². The first-order chi connectivity index (χ1) is 10.7. The largest absolute Gasteiger partial charge is 0.353 e. The Kier molecular flexibility index (Phi) is 7.58. The summed E-state index contributed by atoms with van der Waals surface area (Å²) in [5, 5.41) is 2.94. The van der Waals surface area contributed by atoms with Gasteiger partial charge in [-0.1, -0.05) is 23.2 Å². The Labute approximate surface area is 130 Å². The number of nitrogens with zero attached hydrogens (tertiary/aromatic N) is 2. The second-order valence-corrected chi connectivity index (χ2v) is 5.57. The Bertz CT molecular complexity index is 317.